The van der Waals surface area contributed by atoms with Crippen molar-refractivity contribution in [3.63, 3.8) is 0 Å². The van der Waals surface area contributed by atoms with Crippen LogP contribution in [0.5, 0.6) is 5.75 Å². The molecule has 0 aliphatic heterocycles. The van der Waals surface area contributed by atoms with Crippen LogP contribution in [-0.4, -0.2) is 42.7 Å². The number of amides is 2. The molecule has 3 aromatic carbocycles. The number of ether oxygens (including phenoxy) is 2. The smallest absolute Gasteiger partial charge is 0.410 e. The summed E-state index contributed by atoms with van der Waals surface area (Å²) >= 11 is 1.67. The van der Waals surface area contributed by atoms with Gasteiger partial charge in [-0.2, -0.15) is 0 Å². The van der Waals surface area contributed by atoms with Gasteiger partial charge in [0.25, 0.3) is 0 Å². The maximum atomic E-state index is 13.4. The second-order valence-corrected chi connectivity index (χ2v) is 10.4. The van der Waals surface area contributed by atoms with Gasteiger partial charge in [0, 0.05) is 35.9 Å². The lowest BCUT2D eigenvalue weighted by Crippen LogP contribution is -2.48. The van der Waals surface area contributed by atoms with Crippen LogP contribution in [0.2, 0.25) is 0 Å². The minimum absolute atomic E-state index is 0.307. The van der Waals surface area contributed by atoms with Gasteiger partial charge in [0.2, 0.25) is 5.91 Å². The van der Waals surface area contributed by atoms with Crippen LogP contribution in [0.25, 0.3) is 0 Å². The van der Waals surface area contributed by atoms with Crippen LogP contribution < -0.4 is 10.1 Å². The molecule has 0 aromatic heterocycles. The number of nitrogens with zero attached hydrogens (tertiary/aromatic N) is 1. The SMILES string of the molecule is COc1cc(NC(=O)C(Cc2ccccc2)N(C)C(=O)OC(C)(C)C)ccc1SCc1ccccc1. The van der Waals surface area contributed by atoms with Crippen LogP contribution in [0.4, 0.5) is 10.5 Å². The molecule has 6 nitrogen and oxygen atoms in total. The fourth-order valence-electron chi connectivity index (χ4n) is 3.53. The number of thioether (sulfide) groups is 1. The van der Waals surface area contributed by atoms with E-state index in [0.29, 0.717) is 17.9 Å². The van der Waals surface area contributed by atoms with Crippen molar-refractivity contribution < 1.29 is 19.1 Å². The quantitative estimate of drug-likeness (QED) is 0.340. The summed E-state index contributed by atoms with van der Waals surface area (Å²) in [5.41, 5.74) is 2.09. The average Bonchev–Trinajstić information content (AvgIpc) is 2.86. The summed E-state index contributed by atoms with van der Waals surface area (Å²) in [6.45, 7) is 5.40. The molecule has 2 amide bonds. The summed E-state index contributed by atoms with van der Waals surface area (Å²) in [7, 11) is 3.20. The Morgan fingerprint density at radius 3 is 2.14 bits per heavy atom. The zero-order chi connectivity index (χ0) is 26.1. The molecule has 3 rings (SSSR count). The van der Waals surface area contributed by atoms with Gasteiger partial charge in [0.15, 0.2) is 0 Å². The minimum atomic E-state index is -0.764. The molecule has 190 valence electrons. The summed E-state index contributed by atoms with van der Waals surface area (Å²) in [5, 5.41) is 2.96. The largest absolute Gasteiger partial charge is 0.496 e. The lowest BCUT2D eigenvalue weighted by molar-refractivity contribution is -0.120. The number of rotatable bonds is 9. The Morgan fingerprint density at radius 1 is 0.944 bits per heavy atom. The zero-order valence-corrected chi connectivity index (χ0v) is 22.3. The second kappa shape index (κ2) is 12.5. The first-order valence-corrected chi connectivity index (χ1v) is 12.8. The second-order valence-electron chi connectivity index (χ2n) is 9.43. The lowest BCUT2D eigenvalue weighted by atomic mass is 10.0. The van der Waals surface area contributed by atoms with Gasteiger partial charge >= 0.3 is 6.09 Å². The van der Waals surface area contributed by atoms with E-state index in [9.17, 15) is 9.59 Å². The van der Waals surface area contributed by atoms with Crippen LogP contribution in [0.15, 0.2) is 83.8 Å². The van der Waals surface area contributed by atoms with Gasteiger partial charge in [-0.15, -0.1) is 11.8 Å². The number of carbonyl (C=O) groups is 2. The lowest BCUT2D eigenvalue weighted by Gasteiger charge is -2.30. The van der Waals surface area contributed by atoms with E-state index < -0.39 is 17.7 Å². The third-order valence-corrected chi connectivity index (χ3v) is 6.52. The molecule has 0 radical (unpaired) electrons. The van der Waals surface area contributed by atoms with Crippen LogP contribution in [0.3, 0.4) is 0 Å². The van der Waals surface area contributed by atoms with Crippen LogP contribution in [0, 0.1) is 0 Å². The number of anilines is 1. The third-order valence-electron chi connectivity index (χ3n) is 5.39. The number of nitrogens with one attached hydrogen (secondary N) is 1. The molecule has 1 unspecified atom stereocenters. The molecule has 1 N–H and O–H groups in total. The molecule has 0 fully saturated rings. The minimum Gasteiger partial charge on any atom is -0.496 e. The molecule has 0 saturated heterocycles. The van der Waals surface area contributed by atoms with Crippen molar-refractivity contribution in [3.05, 3.63) is 90.0 Å². The van der Waals surface area contributed by atoms with E-state index >= 15 is 0 Å². The monoisotopic (exact) mass is 506 g/mol. The van der Waals surface area contributed by atoms with Crippen molar-refractivity contribution in [2.45, 2.75) is 49.5 Å². The molecule has 0 saturated carbocycles. The first kappa shape index (κ1) is 27.1. The molecule has 0 bridgehead atoms. The van der Waals surface area contributed by atoms with E-state index in [4.69, 9.17) is 9.47 Å². The highest BCUT2D eigenvalue weighted by Gasteiger charge is 2.30. The predicted molar refractivity (Wildman–Crippen MR) is 146 cm³/mol. The van der Waals surface area contributed by atoms with Gasteiger partial charge in [-0.25, -0.2) is 4.79 Å². The highest BCUT2D eigenvalue weighted by molar-refractivity contribution is 7.98. The number of carbonyl (C=O) groups excluding carboxylic acids is 2. The number of methoxy groups -OCH3 is 1. The van der Waals surface area contributed by atoms with Crippen molar-refractivity contribution in [2.24, 2.45) is 0 Å². The van der Waals surface area contributed by atoms with Gasteiger partial charge in [0.05, 0.1) is 7.11 Å². The fraction of sp³-hybridized carbons (Fsp3) is 0.310. The molecule has 0 spiro atoms. The summed E-state index contributed by atoms with van der Waals surface area (Å²) in [6.07, 6.45) is -0.200. The van der Waals surface area contributed by atoms with Crippen molar-refractivity contribution >= 4 is 29.4 Å². The number of hydrogen-bond donors (Lipinski definition) is 1. The van der Waals surface area contributed by atoms with Crippen molar-refractivity contribution in [2.75, 3.05) is 19.5 Å². The maximum Gasteiger partial charge on any atom is 0.410 e. The number of hydrogen-bond acceptors (Lipinski definition) is 5. The Labute approximate surface area is 218 Å². The van der Waals surface area contributed by atoms with Crippen LogP contribution >= 0.6 is 11.8 Å². The Bertz CT molecular complexity index is 1150. The van der Waals surface area contributed by atoms with E-state index in [1.54, 1.807) is 52.8 Å². The van der Waals surface area contributed by atoms with Gasteiger partial charge < -0.3 is 14.8 Å². The average molecular weight is 507 g/mol. The number of benzene rings is 3. The van der Waals surface area contributed by atoms with Crippen LogP contribution in [0.1, 0.15) is 31.9 Å². The van der Waals surface area contributed by atoms with Crippen molar-refractivity contribution in [1.29, 1.82) is 0 Å². The molecule has 0 heterocycles. The maximum absolute atomic E-state index is 13.4. The normalized spacial score (nSPS) is 11.9. The van der Waals surface area contributed by atoms with Crippen LogP contribution in [-0.2, 0) is 21.7 Å². The molecular formula is C29H34N2O4S. The van der Waals surface area contributed by atoms with Crippen molar-refractivity contribution in [3.8, 4) is 5.75 Å². The molecular weight excluding hydrogens is 472 g/mol. The highest BCUT2D eigenvalue weighted by atomic mass is 32.2. The van der Waals surface area contributed by atoms with Gasteiger partial charge in [-0.1, -0.05) is 60.7 Å². The van der Waals surface area contributed by atoms with E-state index in [1.807, 2.05) is 60.7 Å². The Kier molecular flexibility index (Phi) is 9.42. The standard InChI is InChI=1S/C29H34N2O4S/c1-29(2,3)35-28(33)31(4)24(18-21-12-8-6-9-13-21)27(32)30-23-16-17-26(25(19-23)34-5)36-20-22-14-10-7-11-15-22/h6-17,19,24H,18,20H2,1-5H3,(H,30,32). The fourth-order valence-corrected chi connectivity index (χ4v) is 4.49. The number of likely N-dealkylation sites (N-methyl/N-ethyl adjacent to an activating group) is 1. The topological polar surface area (TPSA) is 67.9 Å². The zero-order valence-electron chi connectivity index (χ0n) is 21.5. The Morgan fingerprint density at radius 2 is 1.56 bits per heavy atom. The van der Waals surface area contributed by atoms with Gasteiger partial charge in [-0.05, 0) is 44.0 Å². The van der Waals surface area contributed by atoms with E-state index in [0.717, 1.165) is 16.2 Å². The Balaban J connectivity index is 1.76. The van der Waals surface area contributed by atoms with Gasteiger partial charge in [-0.3, -0.25) is 9.69 Å². The Hall–Kier alpha value is -3.45. The molecule has 0 aliphatic carbocycles. The first-order valence-electron chi connectivity index (χ1n) is 11.8. The third kappa shape index (κ3) is 8.05. The molecule has 1 atom stereocenters. The van der Waals surface area contributed by atoms with E-state index in [-0.39, 0.29) is 5.91 Å². The summed E-state index contributed by atoms with van der Waals surface area (Å²) in [5.74, 6) is 1.18. The summed E-state index contributed by atoms with van der Waals surface area (Å²) in [6, 6.07) is 24.6. The molecule has 0 aliphatic rings. The summed E-state index contributed by atoms with van der Waals surface area (Å²) in [4.78, 5) is 28.5. The van der Waals surface area contributed by atoms with Crippen molar-refractivity contribution in [1.82, 2.24) is 4.90 Å². The van der Waals surface area contributed by atoms with Gasteiger partial charge in [0.1, 0.15) is 17.4 Å². The summed E-state index contributed by atoms with van der Waals surface area (Å²) < 4.78 is 11.1. The highest BCUT2D eigenvalue weighted by Crippen LogP contribution is 2.34. The van der Waals surface area contributed by atoms with E-state index in [2.05, 4.69) is 17.4 Å². The first-order chi connectivity index (χ1) is 17.2. The van der Waals surface area contributed by atoms with E-state index in [1.165, 1.54) is 10.5 Å². The predicted octanol–water partition coefficient (Wildman–Crippen LogP) is 6.40. The molecule has 3 aromatic rings. The molecule has 7 heteroatoms. The molecule has 36 heavy (non-hydrogen) atoms.